The predicted octanol–water partition coefficient (Wildman–Crippen LogP) is 3.53. The van der Waals surface area contributed by atoms with Gasteiger partial charge >= 0.3 is 0 Å². The Morgan fingerprint density at radius 2 is 1.94 bits per heavy atom. The number of ether oxygens (including phenoxy) is 1. The zero-order chi connectivity index (χ0) is 12.3. The largest absolute Gasteiger partial charge is 0.497 e. The molecule has 2 nitrogen and oxygen atoms in total. The standard InChI is InChI=1S/C15H23NO/c1-4-15(13-5-6-13)16-11(2)12-7-9-14(17-3)10-8-12/h7-11,13,15-16H,4-6H2,1-3H3/t11-,15?/m1/s1. The number of methoxy groups -OCH3 is 1. The van der Waals surface area contributed by atoms with Gasteiger partial charge in [0, 0.05) is 12.1 Å². The Kier molecular flexibility index (Phi) is 4.06. The van der Waals surface area contributed by atoms with Crippen LogP contribution in [-0.2, 0) is 0 Å². The summed E-state index contributed by atoms with van der Waals surface area (Å²) in [7, 11) is 1.71. The van der Waals surface area contributed by atoms with Gasteiger partial charge in [0.25, 0.3) is 0 Å². The molecule has 0 aliphatic heterocycles. The molecule has 0 heterocycles. The number of hydrogen-bond acceptors (Lipinski definition) is 2. The van der Waals surface area contributed by atoms with Crippen molar-refractivity contribution in [3.63, 3.8) is 0 Å². The molecular formula is C15H23NO. The van der Waals surface area contributed by atoms with Crippen LogP contribution in [0, 0.1) is 5.92 Å². The lowest BCUT2D eigenvalue weighted by Crippen LogP contribution is -2.32. The van der Waals surface area contributed by atoms with Crippen LogP contribution in [0.4, 0.5) is 0 Å². The molecule has 1 fully saturated rings. The van der Waals surface area contributed by atoms with E-state index in [-0.39, 0.29) is 0 Å². The highest BCUT2D eigenvalue weighted by atomic mass is 16.5. The minimum Gasteiger partial charge on any atom is -0.497 e. The topological polar surface area (TPSA) is 21.3 Å². The number of hydrogen-bond donors (Lipinski definition) is 1. The molecule has 2 rings (SSSR count). The molecule has 0 bridgehead atoms. The number of rotatable bonds is 6. The Morgan fingerprint density at radius 3 is 2.41 bits per heavy atom. The monoisotopic (exact) mass is 233 g/mol. The van der Waals surface area contributed by atoms with E-state index < -0.39 is 0 Å². The first kappa shape index (κ1) is 12.4. The van der Waals surface area contributed by atoms with E-state index in [4.69, 9.17) is 4.74 Å². The average Bonchev–Trinajstić information content (AvgIpc) is 3.20. The second-order valence-corrected chi connectivity index (χ2v) is 5.01. The molecule has 17 heavy (non-hydrogen) atoms. The smallest absolute Gasteiger partial charge is 0.118 e. The molecule has 0 amide bonds. The Labute approximate surface area is 104 Å². The van der Waals surface area contributed by atoms with E-state index in [1.54, 1.807) is 7.11 Å². The lowest BCUT2D eigenvalue weighted by molar-refractivity contribution is 0.402. The maximum Gasteiger partial charge on any atom is 0.118 e. The highest BCUT2D eigenvalue weighted by Crippen LogP contribution is 2.35. The minimum absolute atomic E-state index is 0.423. The van der Waals surface area contributed by atoms with Gasteiger partial charge in [-0.3, -0.25) is 0 Å². The van der Waals surface area contributed by atoms with Crippen molar-refractivity contribution in [2.75, 3.05) is 7.11 Å². The van der Waals surface area contributed by atoms with Crippen LogP contribution in [0.3, 0.4) is 0 Å². The molecule has 1 aromatic rings. The van der Waals surface area contributed by atoms with Gasteiger partial charge in [0.1, 0.15) is 5.75 Å². The molecule has 2 atom stereocenters. The van der Waals surface area contributed by atoms with Crippen LogP contribution in [0.2, 0.25) is 0 Å². The summed E-state index contributed by atoms with van der Waals surface area (Å²) in [4.78, 5) is 0. The Hall–Kier alpha value is -1.02. The van der Waals surface area contributed by atoms with Gasteiger partial charge < -0.3 is 10.1 Å². The maximum atomic E-state index is 5.18. The van der Waals surface area contributed by atoms with E-state index in [1.807, 2.05) is 12.1 Å². The van der Waals surface area contributed by atoms with Gasteiger partial charge in [-0.05, 0) is 49.8 Å². The molecule has 1 aliphatic rings. The van der Waals surface area contributed by atoms with E-state index in [0.29, 0.717) is 12.1 Å². The van der Waals surface area contributed by atoms with E-state index in [0.717, 1.165) is 11.7 Å². The van der Waals surface area contributed by atoms with Crippen molar-refractivity contribution in [2.45, 2.75) is 45.2 Å². The van der Waals surface area contributed by atoms with E-state index in [1.165, 1.54) is 24.8 Å². The van der Waals surface area contributed by atoms with Gasteiger partial charge in [-0.15, -0.1) is 0 Å². The first-order valence-corrected chi connectivity index (χ1v) is 6.64. The first-order valence-electron chi connectivity index (χ1n) is 6.64. The summed E-state index contributed by atoms with van der Waals surface area (Å²) in [5.41, 5.74) is 1.34. The number of benzene rings is 1. The Balaban J connectivity index is 1.95. The summed E-state index contributed by atoms with van der Waals surface area (Å²) in [5.74, 6) is 1.84. The van der Waals surface area contributed by atoms with Crippen LogP contribution in [0.15, 0.2) is 24.3 Å². The van der Waals surface area contributed by atoms with E-state index in [2.05, 4.69) is 31.3 Å². The quantitative estimate of drug-likeness (QED) is 0.811. The fourth-order valence-corrected chi connectivity index (χ4v) is 2.40. The first-order chi connectivity index (χ1) is 8.24. The van der Waals surface area contributed by atoms with Gasteiger partial charge in [-0.1, -0.05) is 19.1 Å². The highest BCUT2D eigenvalue weighted by Gasteiger charge is 2.30. The SMILES string of the molecule is CCC(N[C@H](C)c1ccc(OC)cc1)C1CC1. The molecule has 1 saturated carbocycles. The van der Waals surface area contributed by atoms with E-state index >= 15 is 0 Å². The van der Waals surface area contributed by atoms with Gasteiger partial charge in [-0.2, -0.15) is 0 Å². The summed E-state index contributed by atoms with van der Waals surface area (Å²) < 4.78 is 5.18. The van der Waals surface area contributed by atoms with Crippen molar-refractivity contribution < 1.29 is 4.74 Å². The van der Waals surface area contributed by atoms with Crippen LogP contribution in [0.5, 0.6) is 5.75 Å². The van der Waals surface area contributed by atoms with Gasteiger partial charge in [-0.25, -0.2) is 0 Å². The zero-order valence-corrected chi connectivity index (χ0v) is 11.1. The van der Waals surface area contributed by atoms with Gasteiger partial charge in [0.2, 0.25) is 0 Å². The molecule has 0 radical (unpaired) electrons. The molecule has 2 heteroatoms. The molecular weight excluding hydrogens is 210 g/mol. The molecule has 1 aromatic carbocycles. The Bertz CT molecular complexity index is 342. The normalized spacial score (nSPS) is 18.8. The molecule has 1 N–H and O–H groups in total. The highest BCUT2D eigenvalue weighted by molar-refractivity contribution is 5.28. The average molecular weight is 233 g/mol. The third kappa shape index (κ3) is 3.22. The van der Waals surface area contributed by atoms with Crippen LogP contribution < -0.4 is 10.1 Å². The molecule has 1 aliphatic carbocycles. The van der Waals surface area contributed by atoms with Gasteiger partial charge in [0.15, 0.2) is 0 Å². The van der Waals surface area contributed by atoms with Crippen molar-refractivity contribution in [3.8, 4) is 5.75 Å². The van der Waals surface area contributed by atoms with Crippen LogP contribution in [-0.4, -0.2) is 13.2 Å². The molecule has 1 unspecified atom stereocenters. The van der Waals surface area contributed by atoms with Crippen molar-refractivity contribution in [1.29, 1.82) is 0 Å². The second-order valence-electron chi connectivity index (χ2n) is 5.01. The summed E-state index contributed by atoms with van der Waals surface area (Å²) >= 11 is 0. The zero-order valence-electron chi connectivity index (χ0n) is 11.1. The minimum atomic E-state index is 0.423. The molecule has 0 saturated heterocycles. The third-order valence-electron chi connectivity index (χ3n) is 3.71. The summed E-state index contributed by atoms with van der Waals surface area (Å²) in [6, 6.07) is 9.47. The number of nitrogens with one attached hydrogen (secondary N) is 1. The van der Waals surface area contributed by atoms with Crippen LogP contribution in [0.25, 0.3) is 0 Å². The van der Waals surface area contributed by atoms with Crippen LogP contribution in [0.1, 0.15) is 44.7 Å². The molecule has 0 spiro atoms. The van der Waals surface area contributed by atoms with Crippen molar-refractivity contribution in [3.05, 3.63) is 29.8 Å². The lowest BCUT2D eigenvalue weighted by Gasteiger charge is -2.22. The summed E-state index contributed by atoms with van der Waals surface area (Å²) in [6.07, 6.45) is 4.03. The summed E-state index contributed by atoms with van der Waals surface area (Å²) in [5, 5.41) is 3.74. The molecule has 94 valence electrons. The van der Waals surface area contributed by atoms with Gasteiger partial charge in [0.05, 0.1) is 7.11 Å². The maximum absolute atomic E-state index is 5.18. The predicted molar refractivity (Wildman–Crippen MR) is 71.3 cm³/mol. The van der Waals surface area contributed by atoms with Crippen molar-refractivity contribution in [1.82, 2.24) is 5.32 Å². The lowest BCUT2D eigenvalue weighted by atomic mass is 10.0. The van der Waals surface area contributed by atoms with Crippen molar-refractivity contribution >= 4 is 0 Å². The van der Waals surface area contributed by atoms with E-state index in [9.17, 15) is 0 Å². The fourth-order valence-electron chi connectivity index (χ4n) is 2.40. The Morgan fingerprint density at radius 1 is 1.29 bits per heavy atom. The van der Waals surface area contributed by atoms with Crippen molar-refractivity contribution in [2.24, 2.45) is 5.92 Å². The summed E-state index contributed by atoms with van der Waals surface area (Å²) in [6.45, 7) is 4.52. The second kappa shape index (κ2) is 5.54. The third-order valence-corrected chi connectivity index (χ3v) is 3.71. The van der Waals surface area contributed by atoms with Crippen LogP contribution >= 0.6 is 0 Å². The molecule has 0 aromatic heterocycles. The fraction of sp³-hybridized carbons (Fsp3) is 0.600.